The molecular weight excluding hydrogens is 412 g/mol. The maximum Gasteiger partial charge on any atom is 0.225 e. The van der Waals surface area contributed by atoms with Gasteiger partial charge in [0.05, 0.1) is 22.2 Å². The standard InChI is InChI=1S/C23H32N4O3S/c1-26-20-8-4-3-7-19(20)25-21(26)11-14-24-22(28)18-15-27(31(29,30)17-9-10-17)16-23(18)12-5-2-6-13-23/h3-4,7-8,17-18H,2,5-6,9-16H2,1H3,(H,24,28). The molecule has 2 aromatic rings. The zero-order valence-electron chi connectivity index (χ0n) is 18.2. The van der Waals surface area contributed by atoms with Gasteiger partial charge in [-0.1, -0.05) is 31.4 Å². The summed E-state index contributed by atoms with van der Waals surface area (Å²) in [6.07, 6.45) is 7.43. The number of carbonyl (C=O) groups excluding carboxylic acids is 1. The van der Waals surface area contributed by atoms with Gasteiger partial charge in [-0.2, -0.15) is 0 Å². The summed E-state index contributed by atoms with van der Waals surface area (Å²) in [5.74, 6) is 0.703. The van der Waals surface area contributed by atoms with Crippen LogP contribution in [0.4, 0.5) is 0 Å². The number of nitrogens with zero attached hydrogens (tertiary/aromatic N) is 3. The van der Waals surface area contributed by atoms with Gasteiger partial charge in [0, 0.05) is 33.1 Å². The van der Waals surface area contributed by atoms with Crippen LogP contribution in [0, 0.1) is 11.3 Å². The van der Waals surface area contributed by atoms with Crippen LogP contribution in [0.5, 0.6) is 0 Å². The van der Waals surface area contributed by atoms with Crippen LogP contribution in [0.1, 0.15) is 50.8 Å². The number of sulfonamides is 1. The van der Waals surface area contributed by atoms with E-state index in [1.165, 1.54) is 6.42 Å². The fraction of sp³-hybridized carbons (Fsp3) is 0.652. The van der Waals surface area contributed by atoms with Crippen LogP contribution in [0.2, 0.25) is 0 Å². The van der Waals surface area contributed by atoms with Gasteiger partial charge in [0.2, 0.25) is 15.9 Å². The van der Waals surface area contributed by atoms with Crippen LogP contribution >= 0.6 is 0 Å². The maximum absolute atomic E-state index is 13.3. The Morgan fingerprint density at radius 1 is 1.19 bits per heavy atom. The monoisotopic (exact) mass is 444 g/mol. The molecule has 1 aliphatic heterocycles. The van der Waals surface area contributed by atoms with Crippen molar-refractivity contribution in [2.45, 2.75) is 56.6 Å². The molecule has 168 valence electrons. The van der Waals surface area contributed by atoms with Gasteiger partial charge in [-0.15, -0.1) is 0 Å². The van der Waals surface area contributed by atoms with Crippen LogP contribution in [-0.4, -0.2) is 53.1 Å². The molecule has 31 heavy (non-hydrogen) atoms. The zero-order chi connectivity index (χ0) is 21.6. The number of carbonyl (C=O) groups is 1. The van der Waals surface area contributed by atoms with Crippen LogP contribution < -0.4 is 5.32 Å². The number of amides is 1. The number of imidazole rings is 1. The molecule has 1 aromatic heterocycles. The van der Waals surface area contributed by atoms with E-state index in [0.29, 0.717) is 26.1 Å². The second-order valence-electron chi connectivity index (χ2n) is 9.63. The van der Waals surface area contributed by atoms with E-state index in [1.807, 2.05) is 31.3 Å². The number of aryl methyl sites for hydroxylation is 1. The molecule has 7 nitrogen and oxygen atoms in total. The van der Waals surface area contributed by atoms with Gasteiger partial charge in [-0.05, 0) is 43.2 Å². The lowest BCUT2D eigenvalue weighted by atomic mass is 9.67. The Hall–Kier alpha value is -1.93. The van der Waals surface area contributed by atoms with E-state index in [4.69, 9.17) is 0 Å². The molecule has 1 aromatic carbocycles. The largest absolute Gasteiger partial charge is 0.355 e. The van der Waals surface area contributed by atoms with E-state index in [9.17, 15) is 13.2 Å². The molecule has 3 fully saturated rings. The average molecular weight is 445 g/mol. The summed E-state index contributed by atoms with van der Waals surface area (Å²) >= 11 is 0. The molecule has 1 atom stereocenters. The fourth-order valence-electron chi connectivity index (χ4n) is 5.66. The summed E-state index contributed by atoms with van der Waals surface area (Å²) in [6, 6.07) is 8.02. The molecular formula is C23H32N4O3S. The molecule has 3 aliphatic rings. The average Bonchev–Trinajstić information content (AvgIpc) is 3.50. The molecule has 1 unspecified atom stereocenters. The van der Waals surface area contributed by atoms with Gasteiger partial charge in [0.25, 0.3) is 0 Å². The van der Waals surface area contributed by atoms with E-state index in [2.05, 4.69) is 14.9 Å². The highest BCUT2D eigenvalue weighted by Crippen LogP contribution is 2.49. The van der Waals surface area contributed by atoms with E-state index in [1.54, 1.807) is 4.31 Å². The first kappa shape index (κ1) is 20.9. The number of hydrogen-bond acceptors (Lipinski definition) is 4. The predicted molar refractivity (Wildman–Crippen MR) is 120 cm³/mol. The molecule has 1 saturated heterocycles. The molecule has 2 heterocycles. The summed E-state index contributed by atoms with van der Waals surface area (Å²) in [5, 5.41) is 2.90. The van der Waals surface area contributed by atoms with Crippen molar-refractivity contribution >= 4 is 27.0 Å². The SMILES string of the molecule is Cn1c(CCNC(=O)C2CN(S(=O)(=O)C3CC3)CC23CCCCC3)nc2ccccc21. The zero-order valence-corrected chi connectivity index (χ0v) is 19.0. The molecule has 8 heteroatoms. The highest BCUT2D eigenvalue weighted by molar-refractivity contribution is 7.90. The third kappa shape index (κ3) is 3.78. The lowest BCUT2D eigenvalue weighted by Crippen LogP contribution is -2.43. The second-order valence-corrected chi connectivity index (χ2v) is 11.8. The van der Waals surface area contributed by atoms with Crippen molar-refractivity contribution < 1.29 is 13.2 Å². The van der Waals surface area contributed by atoms with E-state index in [0.717, 1.165) is 55.4 Å². The van der Waals surface area contributed by atoms with E-state index < -0.39 is 10.0 Å². The molecule has 5 rings (SSSR count). The van der Waals surface area contributed by atoms with Crippen molar-refractivity contribution in [1.82, 2.24) is 19.2 Å². The van der Waals surface area contributed by atoms with Crippen molar-refractivity contribution in [2.75, 3.05) is 19.6 Å². The molecule has 1 spiro atoms. The topological polar surface area (TPSA) is 84.3 Å². The minimum atomic E-state index is -3.25. The van der Waals surface area contributed by atoms with Crippen LogP contribution in [0.3, 0.4) is 0 Å². The van der Waals surface area contributed by atoms with Gasteiger partial charge >= 0.3 is 0 Å². The smallest absolute Gasteiger partial charge is 0.225 e. The molecule has 2 saturated carbocycles. The lowest BCUT2D eigenvalue weighted by molar-refractivity contribution is -0.128. The number of para-hydroxylation sites is 2. The van der Waals surface area contributed by atoms with Crippen molar-refractivity contribution in [3.8, 4) is 0 Å². The predicted octanol–water partition coefficient (Wildman–Crippen LogP) is 2.61. The van der Waals surface area contributed by atoms with Crippen molar-refractivity contribution in [3.63, 3.8) is 0 Å². The first-order chi connectivity index (χ1) is 14.9. The summed E-state index contributed by atoms with van der Waals surface area (Å²) in [6.45, 7) is 1.38. The Kier molecular flexibility index (Phi) is 5.33. The minimum Gasteiger partial charge on any atom is -0.355 e. The van der Waals surface area contributed by atoms with Gasteiger partial charge in [0.1, 0.15) is 5.82 Å². The number of rotatable bonds is 6. The number of aromatic nitrogens is 2. The Labute approximate surface area is 184 Å². The van der Waals surface area contributed by atoms with E-state index >= 15 is 0 Å². The summed E-state index contributed by atoms with van der Waals surface area (Å²) < 4.78 is 29.5. The summed E-state index contributed by atoms with van der Waals surface area (Å²) in [4.78, 5) is 17.9. The van der Waals surface area contributed by atoms with Crippen LogP contribution in [0.15, 0.2) is 24.3 Å². The molecule has 1 amide bonds. The third-order valence-corrected chi connectivity index (χ3v) is 9.93. The number of hydrogen-bond donors (Lipinski definition) is 1. The second kappa shape index (κ2) is 7.89. The normalized spacial score (nSPS) is 24.1. The minimum absolute atomic E-state index is 0.00848. The Balaban J connectivity index is 1.28. The van der Waals surface area contributed by atoms with Crippen LogP contribution in [-0.2, 0) is 28.3 Å². The highest BCUT2D eigenvalue weighted by Gasteiger charge is 2.54. The maximum atomic E-state index is 13.3. The molecule has 0 radical (unpaired) electrons. The van der Waals surface area contributed by atoms with Crippen molar-refractivity contribution in [2.24, 2.45) is 18.4 Å². The molecule has 1 N–H and O–H groups in total. The number of nitrogens with one attached hydrogen (secondary N) is 1. The van der Waals surface area contributed by atoms with Crippen molar-refractivity contribution in [3.05, 3.63) is 30.1 Å². The van der Waals surface area contributed by atoms with Gasteiger partial charge in [0.15, 0.2) is 0 Å². The first-order valence-corrected chi connectivity index (χ1v) is 13.1. The van der Waals surface area contributed by atoms with Crippen molar-refractivity contribution in [1.29, 1.82) is 0 Å². The Bertz CT molecular complexity index is 1080. The third-order valence-electron chi connectivity index (χ3n) is 7.62. The van der Waals surface area contributed by atoms with Gasteiger partial charge < -0.3 is 9.88 Å². The van der Waals surface area contributed by atoms with Crippen LogP contribution in [0.25, 0.3) is 11.0 Å². The summed E-state index contributed by atoms with van der Waals surface area (Å²) in [5.41, 5.74) is 1.85. The quantitative estimate of drug-likeness (QED) is 0.742. The van der Waals surface area contributed by atoms with E-state index in [-0.39, 0.29) is 22.5 Å². The lowest BCUT2D eigenvalue weighted by Gasteiger charge is -2.37. The number of benzene rings is 1. The molecule has 0 bridgehead atoms. The Morgan fingerprint density at radius 3 is 2.65 bits per heavy atom. The van der Waals surface area contributed by atoms with Gasteiger partial charge in [-0.3, -0.25) is 4.79 Å². The fourth-order valence-corrected chi connectivity index (χ4v) is 7.60. The number of fused-ring (bicyclic) bond motifs is 1. The summed E-state index contributed by atoms with van der Waals surface area (Å²) in [7, 11) is -1.25. The molecule has 2 aliphatic carbocycles. The first-order valence-electron chi connectivity index (χ1n) is 11.6. The van der Waals surface area contributed by atoms with Gasteiger partial charge in [-0.25, -0.2) is 17.7 Å². The highest BCUT2D eigenvalue weighted by atomic mass is 32.2. The Morgan fingerprint density at radius 2 is 1.94 bits per heavy atom.